The van der Waals surface area contributed by atoms with Gasteiger partial charge in [0.25, 0.3) is 0 Å². The van der Waals surface area contributed by atoms with Gasteiger partial charge in [-0.25, -0.2) is 0 Å². The standard InChI is InChI=1S/C35H56N6O6/c1-5-32-27-38-9-20-42-16-3-17-44-22-11-40-14-26-47-31-41(30-35-8-2-7-34(29-40)37-35)15-25-45-19-4-18-43-21-10-39(13-24-46-23-12-38)28-33(6-1)36-32/h1-2,5-8H,3-4,9-31H2. The Morgan fingerprint density at radius 2 is 0.660 bits per heavy atom. The lowest BCUT2D eigenvalue weighted by atomic mass is 10.2. The molecule has 4 aliphatic rings. The van der Waals surface area contributed by atoms with E-state index in [1.165, 1.54) is 0 Å². The number of hydrogen-bond donors (Lipinski definition) is 0. The lowest BCUT2D eigenvalue weighted by molar-refractivity contribution is -0.00632. The quantitative estimate of drug-likeness (QED) is 0.417. The first kappa shape index (κ1) is 36.2. The lowest BCUT2D eigenvalue weighted by Gasteiger charge is -2.26. The predicted molar refractivity (Wildman–Crippen MR) is 179 cm³/mol. The van der Waals surface area contributed by atoms with Crippen molar-refractivity contribution in [3.8, 4) is 0 Å². The largest absolute Gasteiger partial charge is 0.380 e. The Morgan fingerprint density at radius 1 is 0.362 bits per heavy atom. The molecule has 2 aromatic rings. The third-order valence-corrected chi connectivity index (χ3v) is 8.56. The molecule has 0 aromatic carbocycles. The number of rotatable bonds is 0. The minimum Gasteiger partial charge on any atom is -0.380 e. The van der Waals surface area contributed by atoms with Crippen molar-refractivity contribution >= 4 is 0 Å². The van der Waals surface area contributed by atoms with Gasteiger partial charge in [0.05, 0.1) is 75.8 Å². The zero-order valence-corrected chi connectivity index (χ0v) is 28.3. The maximum Gasteiger partial charge on any atom is 0.0995 e. The van der Waals surface area contributed by atoms with Crippen LogP contribution in [0.3, 0.4) is 0 Å². The fourth-order valence-electron chi connectivity index (χ4n) is 5.91. The van der Waals surface area contributed by atoms with Crippen LogP contribution in [0.5, 0.6) is 0 Å². The summed E-state index contributed by atoms with van der Waals surface area (Å²) in [5, 5.41) is 0. The summed E-state index contributed by atoms with van der Waals surface area (Å²) < 4.78 is 36.1. The van der Waals surface area contributed by atoms with Crippen LogP contribution in [0.15, 0.2) is 36.4 Å². The van der Waals surface area contributed by atoms with Crippen LogP contribution in [0.1, 0.15) is 35.6 Å². The van der Waals surface area contributed by atoms with Gasteiger partial charge in [-0.05, 0) is 37.1 Å². The van der Waals surface area contributed by atoms with E-state index in [0.29, 0.717) is 79.4 Å². The van der Waals surface area contributed by atoms with Gasteiger partial charge in [0.2, 0.25) is 0 Å². The van der Waals surface area contributed by atoms with E-state index >= 15 is 0 Å². The van der Waals surface area contributed by atoms with Crippen LogP contribution in [0.4, 0.5) is 0 Å². The Bertz CT molecular complexity index is 1050. The third kappa shape index (κ3) is 14.5. The van der Waals surface area contributed by atoms with Gasteiger partial charge in [0, 0.05) is 98.4 Å². The molecule has 2 aromatic heterocycles. The van der Waals surface area contributed by atoms with Gasteiger partial charge in [-0.3, -0.25) is 29.6 Å². The van der Waals surface area contributed by atoms with E-state index in [-0.39, 0.29) is 0 Å². The summed E-state index contributed by atoms with van der Waals surface area (Å²) in [6.45, 7) is 17.0. The first-order valence-electron chi connectivity index (χ1n) is 17.6. The molecular formula is C35H56N6O6. The number of hydrogen-bond acceptors (Lipinski definition) is 12. The Labute approximate surface area is 281 Å². The van der Waals surface area contributed by atoms with E-state index in [1.807, 2.05) is 0 Å². The average molecular weight is 657 g/mol. The van der Waals surface area contributed by atoms with Crippen molar-refractivity contribution in [1.82, 2.24) is 29.6 Å². The molecule has 1 saturated heterocycles. The molecule has 0 spiro atoms. The molecule has 47 heavy (non-hydrogen) atoms. The van der Waals surface area contributed by atoms with Gasteiger partial charge in [0.15, 0.2) is 0 Å². The van der Waals surface area contributed by atoms with Crippen molar-refractivity contribution in [2.75, 3.05) is 125 Å². The fourth-order valence-corrected chi connectivity index (χ4v) is 5.91. The molecule has 1 fully saturated rings. The SMILES string of the molecule is c1cc2nc(c1)CN1CCOCCCOCCN3COCCN(CCOCCCOCCN(CCOCC1)C2)Cc1cccc(n1)C3. The molecule has 4 atom stereocenters. The number of fused-ring (bicyclic) bond motifs is 22. The highest BCUT2D eigenvalue weighted by Crippen LogP contribution is 2.11. The topological polar surface area (TPSA) is 94.1 Å². The fraction of sp³-hybridized carbons (Fsp3) is 0.714. The van der Waals surface area contributed by atoms with Crippen molar-refractivity contribution in [3.05, 3.63) is 59.2 Å². The monoisotopic (exact) mass is 656 g/mol. The van der Waals surface area contributed by atoms with Crippen LogP contribution in [0.2, 0.25) is 0 Å². The number of ether oxygens (including phenoxy) is 6. The third-order valence-electron chi connectivity index (χ3n) is 8.56. The normalized spacial score (nSPS) is 27.9. The minimum absolute atomic E-state index is 0.557. The van der Waals surface area contributed by atoms with Gasteiger partial charge in [-0.2, -0.15) is 0 Å². The van der Waals surface area contributed by atoms with Crippen molar-refractivity contribution in [2.45, 2.75) is 39.0 Å². The smallest absolute Gasteiger partial charge is 0.0995 e. The van der Waals surface area contributed by atoms with Crippen LogP contribution in [-0.4, -0.2) is 155 Å². The van der Waals surface area contributed by atoms with Crippen LogP contribution in [-0.2, 0) is 54.6 Å². The Hall–Kier alpha value is -2.10. The highest BCUT2D eigenvalue weighted by molar-refractivity contribution is 5.12. The minimum atomic E-state index is 0.557. The Kier molecular flexibility index (Phi) is 16.8. The maximum atomic E-state index is 6.10. The molecule has 12 heteroatoms. The van der Waals surface area contributed by atoms with E-state index in [9.17, 15) is 0 Å². The zero-order chi connectivity index (χ0) is 32.2. The summed E-state index contributed by atoms with van der Waals surface area (Å²) in [5.74, 6) is 0. The first-order chi connectivity index (χ1) is 23.3. The molecule has 8 bridgehead atoms. The average Bonchev–Trinajstić information content (AvgIpc) is 3.09. The van der Waals surface area contributed by atoms with Crippen molar-refractivity contribution < 1.29 is 28.4 Å². The Morgan fingerprint density at radius 3 is 1.04 bits per heavy atom. The van der Waals surface area contributed by atoms with Crippen LogP contribution < -0.4 is 0 Å². The maximum absolute atomic E-state index is 6.10. The molecule has 6 heterocycles. The summed E-state index contributed by atoms with van der Waals surface area (Å²) >= 11 is 0. The van der Waals surface area contributed by atoms with Gasteiger partial charge in [-0.1, -0.05) is 12.1 Å². The second kappa shape index (κ2) is 21.8. The number of nitrogens with zero attached hydrogens (tertiary/aromatic N) is 6. The second-order valence-corrected chi connectivity index (χ2v) is 12.4. The number of pyridine rings is 2. The van der Waals surface area contributed by atoms with Crippen molar-refractivity contribution in [1.29, 1.82) is 0 Å². The van der Waals surface area contributed by atoms with E-state index in [2.05, 4.69) is 56.0 Å². The van der Waals surface area contributed by atoms with Crippen LogP contribution in [0, 0.1) is 0 Å². The predicted octanol–water partition coefficient (Wildman–Crippen LogP) is 2.26. The molecule has 0 amide bonds. The molecule has 262 valence electrons. The molecule has 4 unspecified atom stereocenters. The van der Waals surface area contributed by atoms with E-state index in [4.69, 9.17) is 38.4 Å². The summed E-state index contributed by atoms with van der Waals surface area (Å²) in [6, 6.07) is 12.7. The molecule has 6 rings (SSSR count). The van der Waals surface area contributed by atoms with Gasteiger partial charge < -0.3 is 28.4 Å². The van der Waals surface area contributed by atoms with Gasteiger partial charge >= 0.3 is 0 Å². The second-order valence-electron chi connectivity index (χ2n) is 12.4. The molecular weight excluding hydrogens is 600 g/mol. The molecule has 0 aliphatic carbocycles. The first-order valence-corrected chi connectivity index (χ1v) is 17.6. The van der Waals surface area contributed by atoms with Crippen molar-refractivity contribution in [2.24, 2.45) is 0 Å². The molecule has 4 aliphatic heterocycles. The number of aromatic nitrogens is 2. The summed E-state index contributed by atoms with van der Waals surface area (Å²) in [6.07, 6.45) is 1.74. The highest BCUT2D eigenvalue weighted by atomic mass is 16.5. The molecule has 0 saturated carbocycles. The molecule has 12 nitrogen and oxygen atoms in total. The van der Waals surface area contributed by atoms with E-state index < -0.39 is 0 Å². The van der Waals surface area contributed by atoms with Gasteiger partial charge in [0.1, 0.15) is 0 Å². The lowest BCUT2D eigenvalue weighted by Crippen LogP contribution is -2.34. The molecule has 0 radical (unpaired) electrons. The highest BCUT2D eigenvalue weighted by Gasteiger charge is 2.15. The van der Waals surface area contributed by atoms with Crippen molar-refractivity contribution in [3.63, 3.8) is 0 Å². The molecule has 0 N–H and O–H groups in total. The summed E-state index contributed by atoms with van der Waals surface area (Å²) in [5.41, 5.74) is 4.31. The zero-order valence-electron chi connectivity index (χ0n) is 28.3. The Balaban J connectivity index is 1.15. The van der Waals surface area contributed by atoms with Crippen LogP contribution >= 0.6 is 0 Å². The summed E-state index contributed by atoms with van der Waals surface area (Å²) in [7, 11) is 0. The summed E-state index contributed by atoms with van der Waals surface area (Å²) in [4.78, 5) is 19.3. The van der Waals surface area contributed by atoms with E-state index in [0.717, 1.165) is 108 Å². The van der Waals surface area contributed by atoms with E-state index in [1.54, 1.807) is 0 Å². The van der Waals surface area contributed by atoms with Gasteiger partial charge in [-0.15, -0.1) is 0 Å². The van der Waals surface area contributed by atoms with Crippen LogP contribution in [0.25, 0.3) is 0 Å².